The molecule has 3 atom stereocenters. The zero-order valence-corrected chi connectivity index (χ0v) is 17.7. The number of methoxy groups -OCH3 is 1. The largest absolute Gasteiger partial charge is 0.467 e. The highest BCUT2D eigenvalue weighted by Crippen LogP contribution is 2.44. The van der Waals surface area contributed by atoms with Crippen LogP contribution in [0.1, 0.15) is 33.4 Å². The second kappa shape index (κ2) is 7.34. The van der Waals surface area contributed by atoms with Crippen LogP contribution in [0.5, 0.6) is 0 Å². The number of anilines is 1. The van der Waals surface area contributed by atoms with Gasteiger partial charge in [0.15, 0.2) is 8.32 Å². The first-order valence-corrected chi connectivity index (χ1v) is 11.7. The van der Waals surface area contributed by atoms with Gasteiger partial charge in [-0.15, -0.1) is 0 Å². The summed E-state index contributed by atoms with van der Waals surface area (Å²) in [7, 11) is -1.09. The molecule has 0 aliphatic carbocycles. The lowest BCUT2D eigenvalue weighted by Crippen LogP contribution is -2.56. The van der Waals surface area contributed by atoms with E-state index in [1.165, 1.54) is 23.9 Å². The number of ether oxygens (including phenoxy) is 2. The molecule has 0 aromatic carbocycles. The maximum absolute atomic E-state index is 12.5. The van der Waals surface area contributed by atoms with Crippen LogP contribution in [0.2, 0.25) is 18.1 Å². The van der Waals surface area contributed by atoms with Crippen LogP contribution >= 0.6 is 0 Å². The average Bonchev–Trinajstić information content (AvgIpc) is 2.91. The number of aliphatic hydroxyl groups is 1. The molecule has 27 heavy (non-hydrogen) atoms. The predicted octanol–water partition coefficient (Wildman–Crippen LogP) is 1.04. The minimum absolute atomic E-state index is 0.0877. The number of nitrogens with zero attached hydrogens (tertiary/aromatic N) is 2. The van der Waals surface area contributed by atoms with Crippen LogP contribution in [0.4, 0.5) is 5.82 Å². The van der Waals surface area contributed by atoms with E-state index >= 15 is 0 Å². The Labute approximate surface area is 159 Å². The van der Waals surface area contributed by atoms with Crippen LogP contribution in [0.15, 0.2) is 17.1 Å². The van der Waals surface area contributed by atoms with E-state index < -0.39 is 44.5 Å². The minimum Gasteiger partial charge on any atom is -0.467 e. The number of hydrogen-bond acceptors (Lipinski definition) is 8. The maximum atomic E-state index is 12.5. The lowest BCUT2D eigenvalue weighted by Gasteiger charge is -2.41. The molecule has 0 radical (unpaired) electrons. The van der Waals surface area contributed by atoms with Gasteiger partial charge in [-0.1, -0.05) is 20.8 Å². The molecule has 1 aliphatic rings. The van der Waals surface area contributed by atoms with Crippen molar-refractivity contribution in [1.82, 2.24) is 9.55 Å². The van der Waals surface area contributed by atoms with Crippen molar-refractivity contribution in [3.63, 3.8) is 0 Å². The smallest absolute Gasteiger partial charge is 0.351 e. The fraction of sp³-hybridized carbons (Fsp3) is 0.706. The van der Waals surface area contributed by atoms with E-state index in [9.17, 15) is 14.7 Å². The van der Waals surface area contributed by atoms with E-state index in [-0.39, 0.29) is 17.3 Å². The number of nitrogen functional groups attached to an aromatic ring is 1. The Balaban J connectivity index is 2.45. The third kappa shape index (κ3) is 3.93. The Bertz CT molecular complexity index is 760. The van der Waals surface area contributed by atoms with Crippen molar-refractivity contribution in [1.29, 1.82) is 0 Å². The van der Waals surface area contributed by atoms with Crippen LogP contribution in [0, 0.1) is 0 Å². The Morgan fingerprint density at radius 1 is 1.52 bits per heavy atom. The number of aromatic nitrogens is 2. The van der Waals surface area contributed by atoms with Crippen molar-refractivity contribution >= 4 is 20.1 Å². The normalized spacial score (nSPS) is 26.2. The molecule has 10 heteroatoms. The first-order chi connectivity index (χ1) is 12.4. The van der Waals surface area contributed by atoms with Gasteiger partial charge in [-0.25, -0.2) is 9.59 Å². The number of carbonyl (C=O) groups excluding carboxylic acids is 1. The SMILES string of the molecule is COC(=O)[C@]1(CO)O[C@@H](n2ccc(N)nc2=O)C[C@@H]1O[Si](C)(C)C(C)(C)C. The van der Waals surface area contributed by atoms with E-state index in [1.807, 2.05) is 13.1 Å². The third-order valence-corrected chi connectivity index (χ3v) is 9.94. The zero-order chi connectivity index (χ0) is 20.6. The number of nitrogens with two attached hydrogens (primary N) is 1. The minimum atomic E-state index is -2.31. The number of carbonyl (C=O) groups is 1. The molecular weight excluding hydrogens is 370 g/mol. The van der Waals surface area contributed by atoms with E-state index in [0.717, 1.165) is 0 Å². The summed E-state index contributed by atoms with van der Waals surface area (Å²) in [5, 5.41) is 9.93. The molecule has 1 aromatic rings. The van der Waals surface area contributed by atoms with E-state index in [2.05, 4.69) is 25.8 Å². The second-order valence-electron chi connectivity index (χ2n) is 8.26. The van der Waals surface area contributed by atoms with Crippen LogP contribution in [0.25, 0.3) is 0 Å². The standard InChI is InChI=1S/C17H29N3O6Si/c1-16(2,3)27(5,6)26-11-9-13(20-8-7-12(18)19-15(20)23)25-17(11,10-21)14(22)24-4/h7-8,11,13,21H,9-10H2,1-6H3,(H2,18,19,23)/t11-,13+,17+/m0/s1. The number of esters is 1. The number of aliphatic hydroxyl groups excluding tert-OH is 1. The predicted molar refractivity (Wildman–Crippen MR) is 102 cm³/mol. The molecule has 0 amide bonds. The molecule has 0 bridgehead atoms. The molecule has 152 valence electrons. The second-order valence-corrected chi connectivity index (χ2v) is 13.0. The van der Waals surface area contributed by atoms with Crippen molar-refractivity contribution in [2.24, 2.45) is 0 Å². The Morgan fingerprint density at radius 2 is 2.15 bits per heavy atom. The zero-order valence-electron chi connectivity index (χ0n) is 16.7. The fourth-order valence-electron chi connectivity index (χ4n) is 2.79. The number of hydrogen-bond donors (Lipinski definition) is 2. The summed E-state index contributed by atoms with van der Waals surface area (Å²) in [5.74, 6) is -0.655. The molecule has 0 saturated carbocycles. The molecule has 2 rings (SSSR count). The average molecular weight is 400 g/mol. The van der Waals surface area contributed by atoms with Crippen molar-refractivity contribution in [2.45, 2.75) is 63.3 Å². The van der Waals surface area contributed by atoms with Gasteiger partial charge in [0, 0.05) is 12.6 Å². The van der Waals surface area contributed by atoms with Gasteiger partial charge in [-0.05, 0) is 24.2 Å². The van der Waals surface area contributed by atoms with Crippen LogP contribution in [-0.2, 0) is 18.7 Å². The molecule has 1 aromatic heterocycles. The summed E-state index contributed by atoms with van der Waals surface area (Å²) in [4.78, 5) is 28.4. The third-order valence-electron chi connectivity index (χ3n) is 5.45. The van der Waals surface area contributed by atoms with Crippen molar-refractivity contribution < 1.29 is 23.8 Å². The Morgan fingerprint density at radius 3 is 2.63 bits per heavy atom. The monoisotopic (exact) mass is 399 g/mol. The maximum Gasteiger partial charge on any atom is 0.351 e. The summed E-state index contributed by atoms with van der Waals surface area (Å²) in [6, 6.07) is 1.46. The molecule has 2 heterocycles. The molecule has 3 N–H and O–H groups in total. The quantitative estimate of drug-likeness (QED) is 0.555. The van der Waals surface area contributed by atoms with Gasteiger partial charge in [0.1, 0.15) is 12.0 Å². The number of rotatable bonds is 5. The van der Waals surface area contributed by atoms with Gasteiger partial charge in [0.05, 0.1) is 19.8 Å². The molecular formula is C17H29N3O6Si. The highest BCUT2D eigenvalue weighted by atomic mass is 28.4. The van der Waals surface area contributed by atoms with Crippen molar-refractivity contribution in [3.05, 3.63) is 22.7 Å². The van der Waals surface area contributed by atoms with Crippen LogP contribution < -0.4 is 11.4 Å². The summed E-state index contributed by atoms with van der Waals surface area (Å²) in [5.41, 5.74) is 3.22. The Hall–Kier alpha value is -1.75. The topological polar surface area (TPSA) is 126 Å². The van der Waals surface area contributed by atoms with E-state index in [0.29, 0.717) is 0 Å². The van der Waals surface area contributed by atoms with Gasteiger partial charge in [-0.2, -0.15) is 4.98 Å². The van der Waals surface area contributed by atoms with Crippen LogP contribution in [0.3, 0.4) is 0 Å². The van der Waals surface area contributed by atoms with Gasteiger partial charge >= 0.3 is 11.7 Å². The lowest BCUT2D eigenvalue weighted by atomic mass is 9.98. The van der Waals surface area contributed by atoms with Gasteiger partial charge in [-0.3, -0.25) is 4.57 Å². The van der Waals surface area contributed by atoms with Gasteiger partial charge in [0.25, 0.3) is 0 Å². The summed E-state index contributed by atoms with van der Waals surface area (Å²) in [6.45, 7) is 9.65. The lowest BCUT2D eigenvalue weighted by molar-refractivity contribution is -0.186. The van der Waals surface area contributed by atoms with Gasteiger partial charge in [0.2, 0.25) is 5.60 Å². The molecule has 0 unspecified atom stereocenters. The van der Waals surface area contributed by atoms with Crippen molar-refractivity contribution in [3.8, 4) is 0 Å². The fourth-order valence-corrected chi connectivity index (χ4v) is 4.14. The Kier molecular flexibility index (Phi) is 5.86. The van der Waals surface area contributed by atoms with Crippen LogP contribution in [-0.4, -0.2) is 54.4 Å². The molecule has 1 aliphatic heterocycles. The van der Waals surface area contributed by atoms with E-state index in [1.54, 1.807) is 0 Å². The highest BCUT2D eigenvalue weighted by molar-refractivity contribution is 6.74. The molecule has 1 saturated heterocycles. The van der Waals surface area contributed by atoms with Crippen molar-refractivity contribution in [2.75, 3.05) is 19.5 Å². The summed E-state index contributed by atoms with van der Waals surface area (Å²) >= 11 is 0. The first kappa shape index (κ1) is 21.5. The van der Waals surface area contributed by atoms with Gasteiger partial charge < -0.3 is 24.7 Å². The summed E-state index contributed by atoms with van der Waals surface area (Å²) < 4.78 is 18.4. The first-order valence-electron chi connectivity index (χ1n) is 8.77. The highest BCUT2D eigenvalue weighted by Gasteiger charge is 2.58. The molecule has 0 spiro atoms. The van der Waals surface area contributed by atoms with E-state index in [4.69, 9.17) is 19.6 Å². The summed E-state index contributed by atoms with van der Waals surface area (Å²) in [6.07, 6.45) is 0.0221. The molecule has 9 nitrogen and oxygen atoms in total. The molecule has 1 fully saturated rings.